The van der Waals surface area contributed by atoms with Crippen molar-refractivity contribution >= 4 is 21.4 Å². The average molecular weight is 335 g/mol. The molecule has 0 bridgehead atoms. The lowest BCUT2D eigenvalue weighted by molar-refractivity contribution is 0.138. The van der Waals surface area contributed by atoms with Crippen LogP contribution in [0.25, 0.3) is 0 Å². The van der Waals surface area contributed by atoms with Gasteiger partial charge in [-0.15, -0.1) is 11.3 Å². The minimum Gasteiger partial charge on any atom is -0.380 e. The zero-order chi connectivity index (χ0) is 15.9. The van der Waals surface area contributed by atoms with Gasteiger partial charge in [-0.2, -0.15) is 4.31 Å². The lowest BCUT2D eigenvalue weighted by atomic mass is 10.3. The van der Waals surface area contributed by atoms with Gasteiger partial charge in [0.05, 0.1) is 6.61 Å². The maximum Gasteiger partial charge on any atom is 0.244 e. The number of aryl methyl sites for hydroxylation is 1. The van der Waals surface area contributed by atoms with Gasteiger partial charge in [-0.25, -0.2) is 8.42 Å². The topological polar surface area (TPSA) is 58.6 Å². The minimum atomic E-state index is -3.45. The Balaban J connectivity index is 2.88. The Bertz CT molecular complexity index is 526. The summed E-state index contributed by atoms with van der Waals surface area (Å²) in [6, 6.07) is 0. The molecule has 7 heteroatoms. The molecule has 1 heterocycles. The molecule has 0 saturated carbocycles. The van der Waals surface area contributed by atoms with Crippen molar-refractivity contribution in [2.45, 2.75) is 38.6 Å². The molecule has 21 heavy (non-hydrogen) atoms. The molecule has 0 fully saturated rings. The number of likely N-dealkylation sites (N-methyl/N-ethyl adjacent to an activating group) is 1. The average Bonchev–Trinajstić information content (AvgIpc) is 2.81. The van der Waals surface area contributed by atoms with E-state index in [0.717, 1.165) is 23.4 Å². The Hall–Kier alpha value is -0.470. The van der Waals surface area contributed by atoms with E-state index in [1.807, 2.05) is 19.2 Å². The van der Waals surface area contributed by atoms with Gasteiger partial charge in [0.15, 0.2) is 0 Å². The summed E-state index contributed by atoms with van der Waals surface area (Å²) in [5.74, 6) is 0. The Kier molecular flexibility index (Phi) is 7.83. The summed E-state index contributed by atoms with van der Waals surface area (Å²) in [5, 5.41) is 5.18. The van der Waals surface area contributed by atoms with E-state index in [1.54, 1.807) is 7.05 Å². The molecule has 0 aliphatic heterocycles. The third-order valence-corrected chi connectivity index (χ3v) is 6.45. The van der Waals surface area contributed by atoms with Crippen molar-refractivity contribution in [2.75, 3.05) is 33.4 Å². The Morgan fingerprint density at radius 3 is 2.71 bits per heavy atom. The maximum absolute atomic E-state index is 12.7. The molecule has 5 nitrogen and oxygen atoms in total. The number of sulfonamides is 1. The first-order valence-corrected chi connectivity index (χ1v) is 9.58. The highest BCUT2D eigenvalue weighted by Crippen LogP contribution is 2.29. The van der Waals surface area contributed by atoms with Crippen molar-refractivity contribution in [1.29, 1.82) is 0 Å². The van der Waals surface area contributed by atoms with E-state index in [-0.39, 0.29) is 0 Å². The molecule has 1 rings (SSSR count). The molecule has 1 aromatic heterocycles. The smallest absolute Gasteiger partial charge is 0.244 e. The van der Waals surface area contributed by atoms with Crippen molar-refractivity contribution in [3.8, 4) is 0 Å². The van der Waals surface area contributed by atoms with Crippen LogP contribution in [-0.4, -0.2) is 46.1 Å². The molecule has 122 valence electrons. The largest absolute Gasteiger partial charge is 0.380 e. The number of hydrogen-bond donors (Lipinski definition) is 1. The molecule has 0 radical (unpaired) electrons. The summed E-state index contributed by atoms with van der Waals surface area (Å²) in [6.07, 6.45) is 1.03. The van der Waals surface area contributed by atoms with E-state index in [0.29, 0.717) is 31.2 Å². The SMILES string of the molecule is CCCNCc1scc(C)c1S(=O)(=O)N(C)CCOCC. The van der Waals surface area contributed by atoms with Gasteiger partial charge in [0.1, 0.15) is 4.90 Å². The van der Waals surface area contributed by atoms with Gasteiger partial charge in [0.25, 0.3) is 0 Å². The highest BCUT2D eigenvalue weighted by Gasteiger charge is 2.27. The van der Waals surface area contributed by atoms with Crippen LogP contribution in [0.4, 0.5) is 0 Å². The van der Waals surface area contributed by atoms with E-state index in [2.05, 4.69) is 12.2 Å². The first kappa shape index (κ1) is 18.6. The monoisotopic (exact) mass is 334 g/mol. The molecule has 0 aromatic carbocycles. The van der Waals surface area contributed by atoms with Gasteiger partial charge in [-0.3, -0.25) is 0 Å². The van der Waals surface area contributed by atoms with Crippen LogP contribution < -0.4 is 5.32 Å². The van der Waals surface area contributed by atoms with Crippen LogP contribution in [0.3, 0.4) is 0 Å². The number of thiophene rings is 1. The van der Waals surface area contributed by atoms with Crippen LogP contribution in [0.5, 0.6) is 0 Å². The fourth-order valence-corrected chi connectivity index (χ4v) is 4.83. The second-order valence-corrected chi connectivity index (χ2v) is 7.82. The maximum atomic E-state index is 12.7. The Morgan fingerprint density at radius 2 is 2.10 bits per heavy atom. The molecular formula is C14H26N2O3S2. The fraction of sp³-hybridized carbons (Fsp3) is 0.714. The predicted molar refractivity (Wildman–Crippen MR) is 87.4 cm³/mol. The Labute approximate surface area is 132 Å². The third kappa shape index (κ3) is 5.03. The van der Waals surface area contributed by atoms with Crippen molar-refractivity contribution < 1.29 is 13.2 Å². The number of nitrogens with zero attached hydrogens (tertiary/aromatic N) is 1. The summed E-state index contributed by atoms with van der Waals surface area (Å²) in [6.45, 7) is 8.70. The van der Waals surface area contributed by atoms with Crippen LogP contribution in [-0.2, 0) is 21.3 Å². The normalized spacial score (nSPS) is 12.2. The zero-order valence-electron chi connectivity index (χ0n) is 13.3. The van der Waals surface area contributed by atoms with Gasteiger partial charge < -0.3 is 10.1 Å². The second-order valence-electron chi connectivity index (χ2n) is 4.87. The van der Waals surface area contributed by atoms with Gasteiger partial charge in [0.2, 0.25) is 10.0 Å². The second kappa shape index (κ2) is 8.85. The van der Waals surface area contributed by atoms with Crippen molar-refractivity contribution in [3.63, 3.8) is 0 Å². The highest BCUT2D eigenvalue weighted by molar-refractivity contribution is 7.89. The van der Waals surface area contributed by atoms with Gasteiger partial charge in [0, 0.05) is 31.6 Å². The molecule has 0 unspecified atom stereocenters. The van der Waals surface area contributed by atoms with Crippen LogP contribution >= 0.6 is 11.3 Å². The third-order valence-electron chi connectivity index (χ3n) is 3.12. The first-order chi connectivity index (χ1) is 9.95. The van der Waals surface area contributed by atoms with Crippen LogP contribution in [0.15, 0.2) is 10.3 Å². The highest BCUT2D eigenvalue weighted by atomic mass is 32.2. The van der Waals surface area contributed by atoms with Gasteiger partial charge in [-0.1, -0.05) is 6.92 Å². The quantitative estimate of drug-likeness (QED) is 0.667. The number of rotatable bonds is 10. The minimum absolute atomic E-state index is 0.368. The first-order valence-electron chi connectivity index (χ1n) is 7.26. The van der Waals surface area contributed by atoms with Crippen LogP contribution in [0.1, 0.15) is 30.7 Å². The van der Waals surface area contributed by atoms with Crippen molar-refractivity contribution in [2.24, 2.45) is 0 Å². The summed E-state index contributed by atoms with van der Waals surface area (Å²) in [5.41, 5.74) is 0.816. The van der Waals surface area contributed by atoms with E-state index in [1.165, 1.54) is 15.6 Å². The van der Waals surface area contributed by atoms with Gasteiger partial charge >= 0.3 is 0 Å². The number of ether oxygens (including phenoxy) is 1. The predicted octanol–water partition coefficient (Wildman–Crippen LogP) is 2.21. The summed E-state index contributed by atoms with van der Waals surface area (Å²) < 4.78 is 32.0. The summed E-state index contributed by atoms with van der Waals surface area (Å²) >= 11 is 1.50. The van der Waals surface area contributed by atoms with Crippen molar-refractivity contribution in [3.05, 3.63) is 15.8 Å². The Morgan fingerprint density at radius 1 is 1.38 bits per heavy atom. The zero-order valence-corrected chi connectivity index (χ0v) is 14.9. The lowest BCUT2D eigenvalue weighted by Crippen LogP contribution is -2.31. The molecule has 0 atom stereocenters. The molecule has 1 aromatic rings. The molecule has 0 aliphatic rings. The number of hydrogen-bond acceptors (Lipinski definition) is 5. The van der Waals surface area contributed by atoms with E-state index in [9.17, 15) is 8.42 Å². The summed E-state index contributed by atoms with van der Waals surface area (Å²) in [4.78, 5) is 1.33. The lowest BCUT2D eigenvalue weighted by Gasteiger charge is -2.18. The fourth-order valence-electron chi connectivity index (χ4n) is 1.95. The van der Waals surface area contributed by atoms with Crippen LogP contribution in [0.2, 0.25) is 0 Å². The molecule has 0 saturated heterocycles. The van der Waals surface area contributed by atoms with Gasteiger partial charge in [-0.05, 0) is 37.8 Å². The van der Waals surface area contributed by atoms with E-state index >= 15 is 0 Å². The molecule has 1 N–H and O–H groups in total. The standard InChI is InChI=1S/C14H26N2O3S2/c1-5-7-15-10-13-14(12(3)11-20-13)21(17,18)16(4)8-9-19-6-2/h11,15H,5-10H2,1-4H3. The molecular weight excluding hydrogens is 308 g/mol. The van der Waals surface area contributed by atoms with Crippen molar-refractivity contribution in [1.82, 2.24) is 9.62 Å². The molecule has 0 aliphatic carbocycles. The van der Waals surface area contributed by atoms with E-state index < -0.39 is 10.0 Å². The summed E-state index contributed by atoms with van der Waals surface area (Å²) in [7, 11) is -1.84. The molecule has 0 amide bonds. The molecule has 0 spiro atoms. The van der Waals surface area contributed by atoms with E-state index in [4.69, 9.17) is 4.74 Å². The number of nitrogens with one attached hydrogen (secondary N) is 1. The van der Waals surface area contributed by atoms with Crippen LogP contribution in [0, 0.1) is 6.92 Å².